The van der Waals surface area contributed by atoms with Crippen molar-refractivity contribution in [3.63, 3.8) is 0 Å². The van der Waals surface area contributed by atoms with Crippen molar-refractivity contribution in [1.82, 2.24) is 0 Å². The molecule has 0 atom stereocenters. The maximum Gasteiger partial charge on any atom is 0.419 e. The van der Waals surface area contributed by atoms with Gasteiger partial charge in [0.1, 0.15) is 10.8 Å². The second kappa shape index (κ2) is 7.92. The number of sulfonamides is 1. The SMILES string of the molecule is Cc1c(N(Cc2ccc(F)c(C(F)(F)F)c2)S(=O)(=O)CCO)sc2ccccc12. The van der Waals surface area contributed by atoms with E-state index in [9.17, 15) is 26.0 Å². The van der Waals surface area contributed by atoms with Crippen LogP contribution in [0.1, 0.15) is 16.7 Å². The van der Waals surface area contributed by atoms with Gasteiger partial charge in [-0.2, -0.15) is 13.2 Å². The van der Waals surface area contributed by atoms with Crippen molar-refractivity contribution in [1.29, 1.82) is 0 Å². The summed E-state index contributed by atoms with van der Waals surface area (Å²) in [6.45, 7) is 0.667. The fourth-order valence-corrected chi connectivity index (χ4v) is 5.73. The highest BCUT2D eigenvalue weighted by Gasteiger charge is 2.35. The molecule has 3 aromatic rings. The van der Waals surface area contributed by atoms with Gasteiger partial charge in [0.05, 0.1) is 24.5 Å². The van der Waals surface area contributed by atoms with E-state index >= 15 is 0 Å². The molecule has 0 aliphatic heterocycles. The van der Waals surface area contributed by atoms with Gasteiger partial charge in [0.2, 0.25) is 10.0 Å². The summed E-state index contributed by atoms with van der Waals surface area (Å²) in [5, 5.41) is 10.3. The Hall–Kier alpha value is -2.17. The molecule has 156 valence electrons. The lowest BCUT2D eigenvalue weighted by Gasteiger charge is -2.24. The van der Waals surface area contributed by atoms with Crippen molar-refractivity contribution in [2.24, 2.45) is 0 Å². The second-order valence-corrected chi connectivity index (χ2v) is 9.43. The first-order valence-corrected chi connectivity index (χ1v) is 10.9. The van der Waals surface area contributed by atoms with Crippen molar-refractivity contribution in [2.75, 3.05) is 16.7 Å². The Morgan fingerprint density at radius 2 is 1.83 bits per heavy atom. The first-order valence-electron chi connectivity index (χ1n) is 8.49. The molecule has 0 bridgehead atoms. The quantitative estimate of drug-likeness (QED) is 0.558. The number of fused-ring (bicyclic) bond motifs is 1. The molecule has 0 radical (unpaired) electrons. The van der Waals surface area contributed by atoms with Gasteiger partial charge in [-0.15, -0.1) is 11.3 Å². The normalized spacial score (nSPS) is 12.5. The number of nitrogens with zero attached hydrogens (tertiary/aromatic N) is 1. The van der Waals surface area contributed by atoms with Gasteiger partial charge in [-0.25, -0.2) is 12.8 Å². The van der Waals surface area contributed by atoms with Crippen LogP contribution >= 0.6 is 11.3 Å². The number of hydrogen-bond acceptors (Lipinski definition) is 4. The van der Waals surface area contributed by atoms with Gasteiger partial charge in [-0.1, -0.05) is 24.3 Å². The van der Waals surface area contributed by atoms with Gasteiger partial charge in [0.25, 0.3) is 0 Å². The highest BCUT2D eigenvalue weighted by Crippen LogP contribution is 2.40. The summed E-state index contributed by atoms with van der Waals surface area (Å²) < 4.78 is 80.1. The smallest absolute Gasteiger partial charge is 0.395 e. The number of rotatable bonds is 6. The monoisotopic (exact) mass is 447 g/mol. The fraction of sp³-hybridized carbons (Fsp3) is 0.263. The van der Waals surface area contributed by atoms with Crippen molar-refractivity contribution < 1.29 is 31.1 Å². The summed E-state index contributed by atoms with van der Waals surface area (Å²) in [6.07, 6.45) is -4.90. The van der Waals surface area contributed by atoms with Crippen LogP contribution in [0.5, 0.6) is 0 Å². The summed E-state index contributed by atoms with van der Waals surface area (Å²) in [4.78, 5) is 0. The molecule has 0 amide bonds. The molecule has 0 saturated carbocycles. The number of thiophene rings is 1. The van der Waals surface area contributed by atoms with E-state index in [1.807, 2.05) is 12.1 Å². The maximum atomic E-state index is 13.6. The van der Waals surface area contributed by atoms with E-state index in [-0.39, 0.29) is 5.56 Å². The Morgan fingerprint density at radius 1 is 1.14 bits per heavy atom. The molecule has 3 rings (SSSR count). The molecule has 29 heavy (non-hydrogen) atoms. The highest BCUT2D eigenvalue weighted by atomic mass is 32.2. The van der Waals surface area contributed by atoms with Crippen LogP contribution in [0, 0.1) is 12.7 Å². The molecule has 1 N–H and O–H groups in total. The standard InChI is InChI=1S/C19H17F4NO3S2/c1-12-14-4-2-3-5-17(14)28-18(12)24(29(26,27)9-8-25)11-13-6-7-16(20)15(10-13)19(21,22)23/h2-7,10,25H,8-9,11H2,1H3. The molecular weight excluding hydrogens is 430 g/mol. The number of aliphatic hydroxyl groups is 1. The summed E-state index contributed by atoms with van der Waals surface area (Å²) in [5.41, 5.74) is -0.815. The van der Waals surface area contributed by atoms with Crippen molar-refractivity contribution >= 4 is 36.4 Å². The molecule has 0 aliphatic carbocycles. The number of anilines is 1. The Bertz CT molecular complexity index is 1140. The third kappa shape index (κ3) is 4.39. The predicted octanol–water partition coefficient (Wildman–Crippen LogP) is 4.70. The summed E-state index contributed by atoms with van der Waals surface area (Å²) >= 11 is 1.19. The number of halogens is 4. The van der Waals surface area contributed by atoms with Crippen LogP contribution in [0.2, 0.25) is 0 Å². The van der Waals surface area contributed by atoms with Gasteiger partial charge >= 0.3 is 6.18 Å². The maximum absolute atomic E-state index is 13.6. The molecule has 1 heterocycles. The molecule has 0 saturated heterocycles. The Morgan fingerprint density at radius 3 is 2.45 bits per heavy atom. The minimum atomic E-state index is -4.90. The third-order valence-electron chi connectivity index (χ3n) is 4.39. The third-order valence-corrected chi connectivity index (χ3v) is 7.49. The molecule has 0 aliphatic rings. The van der Waals surface area contributed by atoms with Crippen molar-refractivity contribution in [3.05, 3.63) is 65.0 Å². The van der Waals surface area contributed by atoms with Crippen LogP contribution in [0.25, 0.3) is 10.1 Å². The number of benzene rings is 2. The lowest BCUT2D eigenvalue weighted by molar-refractivity contribution is -0.140. The van der Waals surface area contributed by atoms with E-state index in [4.69, 9.17) is 5.11 Å². The average molecular weight is 447 g/mol. The first-order chi connectivity index (χ1) is 13.5. The first kappa shape index (κ1) is 21.5. The number of alkyl halides is 3. The summed E-state index contributed by atoms with van der Waals surface area (Å²) in [5.74, 6) is -2.02. The number of hydrogen-bond donors (Lipinski definition) is 1. The lowest BCUT2D eigenvalue weighted by Crippen LogP contribution is -2.33. The minimum Gasteiger partial charge on any atom is -0.395 e. The van der Waals surface area contributed by atoms with Crippen LogP contribution in [0.15, 0.2) is 42.5 Å². The Labute approximate surface area is 169 Å². The highest BCUT2D eigenvalue weighted by molar-refractivity contribution is 7.93. The molecule has 0 fully saturated rings. The molecule has 1 aromatic heterocycles. The van der Waals surface area contributed by atoms with Gasteiger partial charge in [0, 0.05) is 4.70 Å². The predicted molar refractivity (Wildman–Crippen MR) is 105 cm³/mol. The minimum absolute atomic E-state index is 0.0166. The van der Waals surface area contributed by atoms with E-state index < -0.39 is 46.5 Å². The van der Waals surface area contributed by atoms with Crippen LogP contribution in [0.3, 0.4) is 0 Å². The molecule has 0 unspecified atom stereocenters. The molecule has 2 aromatic carbocycles. The van der Waals surface area contributed by atoms with Gasteiger partial charge in [-0.3, -0.25) is 4.31 Å². The fourth-order valence-electron chi connectivity index (χ4n) is 2.98. The van der Waals surface area contributed by atoms with Crippen LogP contribution < -0.4 is 4.31 Å². The Balaban J connectivity index is 2.12. The zero-order valence-electron chi connectivity index (χ0n) is 15.2. The summed E-state index contributed by atoms with van der Waals surface area (Å²) in [6, 6.07) is 9.63. The van der Waals surface area contributed by atoms with E-state index in [1.54, 1.807) is 19.1 Å². The second-order valence-electron chi connectivity index (χ2n) is 6.39. The largest absolute Gasteiger partial charge is 0.419 e. The van der Waals surface area contributed by atoms with Crippen LogP contribution in [-0.4, -0.2) is 25.9 Å². The van der Waals surface area contributed by atoms with Gasteiger partial charge < -0.3 is 5.11 Å². The van der Waals surface area contributed by atoms with Gasteiger partial charge in [0.15, 0.2) is 0 Å². The van der Waals surface area contributed by atoms with E-state index in [1.165, 1.54) is 11.3 Å². The lowest BCUT2D eigenvalue weighted by atomic mass is 10.1. The van der Waals surface area contributed by atoms with Crippen molar-refractivity contribution in [2.45, 2.75) is 19.6 Å². The molecule has 0 spiro atoms. The zero-order valence-corrected chi connectivity index (χ0v) is 16.8. The van der Waals surface area contributed by atoms with Crippen LogP contribution in [-0.2, 0) is 22.7 Å². The van der Waals surface area contributed by atoms with E-state index in [0.29, 0.717) is 22.7 Å². The molecule has 4 nitrogen and oxygen atoms in total. The van der Waals surface area contributed by atoms with Crippen LogP contribution in [0.4, 0.5) is 22.6 Å². The molecule has 10 heteroatoms. The number of aliphatic hydroxyl groups excluding tert-OH is 1. The van der Waals surface area contributed by atoms with Crippen molar-refractivity contribution in [3.8, 4) is 0 Å². The van der Waals surface area contributed by atoms with E-state index in [2.05, 4.69) is 0 Å². The van der Waals surface area contributed by atoms with E-state index in [0.717, 1.165) is 20.5 Å². The topological polar surface area (TPSA) is 57.6 Å². The van der Waals surface area contributed by atoms with Gasteiger partial charge in [-0.05, 0) is 41.6 Å². The molecular formula is C19H17F4NO3S2. The summed E-state index contributed by atoms with van der Waals surface area (Å²) in [7, 11) is -4.03. The Kier molecular flexibility index (Phi) is 5.88. The average Bonchev–Trinajstić information content (AvgIpc) is 2.96. The number of aryl methyl sites for hydroxylation is 1. The zero-order chi connectivity index (χ0) is 21.4.